The average molecular weight is 255 g/mol. The van der Waals surface area contributed by atoms with Gasteiger partial charge >= 0.3 is 6.18 Å². The van der Waals surface area contributed by atoms with Gasteiger partial charge < -0.3 is 4.90 Å². The van der Waals surface area contributed by atoms with Crippen LogP contribution < -0.4 is 4.90 Å². The molecule has 0 saturated carbocycles. The first-order valence-corrected chi connectivity index (χ1v) is 6.51. The molecule has 4 heteroatoms. The Balaban J connectivity index is 1.93. The molecule has 18 heavy (non-hydrogen) atoms. The smallest absolute Gasteiger partial charge is 0.366 e. The summed E-state index contributed by atoms with van der Waals surface area (Å²) in [5.74, 6) is 0. The first kappa shape index (κ1) is 11.9. The molecular weight excluding hydrogens is 239 g/mol. The molecule has 2 aliphatic rings. The summed E-state index contributed by atoms with van der Waals surface area (Å²) in [6.45, 7) is 0. The molecule has 2 fully saturated rings. The lowest BCUT2D eigenvalue weighted by Crippen LogP contribution is -2.39. The highest BCUT2D eigenvalue weighted by atomic mass is 19.4. The molecule has 1 aromatic carbocycles. The number of piperidine rings is 1. The Bertz CT molecular complexity index is 425. The number of hydrogen-bond donors (Lipinski definition) is 0. The summed E-state index contributed by atoms with van der Waals surface area (Å²) >= 11 is 0. The quantitative estimate of drug-likeness (QED) is 0.726. The Hall–Kier alpha value is -1.19. The van der Waals surface area contributed by atoms with Crippen LogP contribution in [0, 0.1) is 0 Å². The first-order valence-electron chi connectivity index (χ1n) is 6.51. The van der Waals surface area contributed by atoms with Gasteiger partial charge in [-0.1, -0.05) is 6.07 Å². The van der Waals surface area contributed by atoms with Gasteiger partial charge in [-0.25, -0.2) is 0 Å². The average Bonchev–Trinajstić information content (AvgIpc) is 2.58. The number of hydrogen-bond acceptors (Lipinski definition) is 1. The standard InChI is InChI=1S/C14H16F3N/c15-14(16,17)10-3-1-6-13(9-10)18-11-4-2-5-12(18)8-7-11/h1,3,6,9,11-12H,2,4-5,7-8H2. The van der Waals surface area contributed by atoms with Gasteiger partial charge in [-0.15, -0.1) is 0 Å². The summed E-state index contributed by atoms with van der Waals surface area (Å²) in [6.07, 6.45) is 1.46. The summed E-state index contributed by atoms with van der Waals surface area (Å²) in [5.41, 5.74) is 0.210. The molecule has 0 spiro atoms. The second kappa shape index (κ2) is 4.18. The van der Waals surface area contributed by atoms with Crippen molar-refractivity contribution < 1.29 is 13.2 Å². The Morgan fingerprint density at radius 2 is 1.67 bits per heavy atom. The lowest BCUT2D eigenvalue weighted by Gasteiger charge is -2.37. The third-order valence-electron chi connectivity index (χ3n) is 4.17. The monoisotopic (exact) mass is 255 g/mol. The van der Waals surface area contributed by atoms with E-state index in [1.54, 1.807) is 0 Å². The van der Waals surface area contributed by atoms with E-state index in [-0.39, 0.29) is 0 Å². The Kier molecular flexibility index (Phi) is 2.76. The molecule has 0 radical (unpaired) electrons. The second-order valence-electron chi connectivity index (χ2n) is 5.27. The molecule has 2 aliphatic heterocycles. The number of alkyl halides is 3. The van der Waals surface area contributed by atoms with Gasteiger partial charge in [0, 0.05) is 17.8 Å². The molecule has 2 heterocycles. The van der Waals surface area contributed by atoms with Crippen LogP contribution in [0.4, 0.5) is 18.9 Å². The maximum atomic E-state index is 12.7. The van der Waals surface area contributed by atoms with Crippen molar-refractivity contribution in [2.75, 3.05) is 4.90 Å². The Labute approximate surface area is 105 Å². The van der Waals surface area contributed by atoms with Crippen LogP contribution >= 0.6 is 0 Å². The molecule has 2 saturated heterocycles. The normalized spacial score (nSPS) is 27.6. The van der Waals surface area contributed by atoms with Crippen LogP contribution in [-0.4, -0.2) is 12.1 Å². The molecule has 2 bridgehead atoms. The number of benzene rings is 1. The van der Waals surface area contributed by atoms with E-state index in [1.807, 2.05) is 6.07 Å². The predicted molar refractivity (Wildman–Crippen MR) is 64.6 cm³/mol. The van der Waals surface area contributed by atoms with Crippen LogP contribution in [0.3, 0.4) is 0 Å². The van der Waals surface area contributed by atoms with Crippen molar-refractivity contribution in [3.63, 3.8) is 0 Å². The minimum atomic E-state index is -4.25. The van der Waals surface area contributed by atoms with E-state index in [4.69, 9.17) is 0 Å². The van der Waals surface area contributed by atoms with Gasteiger partial charge in [0.25, 0.3) is 0 Å². The van der Waals surface area contributed by atoms with E-state index in [9.17, 15) is 13.2 Å². The highest BCUT2D eigenvalue weighted by Gasteiger charge is 2.37. The van der Waals surface area contributed by atoms with E-state index in [0.29, 0.717) is 12.1 Å². The van der Waals surface area contributed by atoms with E-state index in [2.05, 4.69) is 4.90 Å². The lowest BCUT2D eigenvalue weighted by molar-refractivity contribution is -0.137. The van der Waals surface area contributed by atoms with Gasteiger partial charge in [-0.3, -0.25) is 0 Å². The molecule has 0 aliphatic carbocycles. The van der Waals surface area contributed by atoms with Crippen molar-refractivity contribution in [3.05, 3.63) is 29.8 Å². The summed E-state index contributed by atoms with van der Waals surface area (Å²) in [4.78, 5) is 2.22. The third-order valence-corrected chi connectivity index (χ3v) is 4.17. The number of nitrogens with zero attached hydrogens (tertiary/aromatic N) is 1. The molecule has 1 aromatic rings. The molecule has 98 valence electrons. The number of halogens is 3. The zero-order chi connectivity index (χ0) is 12.8. The van der Waals surface area contributed by atoms with Crippen LogP contribution in [-0.2, 0) is 6.18 Å². The molecule has 2 atom stereocenters. The molecule has 2 unspecified atom stereocenters. The molecule has 0 aromatic heterocycles. The third kappa shape index (κ3) is 1.98. The molecule has 0 amide bonds. The zero-order valence-electron chi connectivity index (χ0n) is 10.1. The number of fused-ring (bicyclic) bond motifs is 2. The zero-order valence-corrected chi connectivity index (χ0v) is 10.1. The fourth-order valence-corrected chi connectivity index (χ4v) is 3.38. The van der Waals surface area contributed by atoms with Crippen molar-refractivity contribution in [2.45, 2.75) is 50.4 Å². The van der Waals surface area contributed by atoms with Gasteiger partial charge in [0.15, 0.2) is 0 Å². The second-order valence-corrected chi connectivity index (χ2v) is 5.27. The van der Waals surface area contributed by atoms with E-state index in [1.165, 1.54) is 18.6 Å². The number of rotatable bonds is 1. The molecule has 3 rings (SSSR count). The Morgan fingerprint density at radius 3 is 2.28 bits per heavy atom. The van der Waals surface area contributed by atoms with Crippen molar-refractivity contribution in [1.29, 1.82) is 0 Å². The largest absolute Gasteiger partial charge is 0.416 e. The van der Waals surface area contributed by atoms with Crippen LogP contribution in [0.25, 0.3) is 0 Å². The summed E-state index contributed by atoms with van der Waals surface area (Å²) in [6, 6.07) is 6.68. The molecule has 1 nitrogen and oxygen atoms in total. The van der Waals surface area contributed by atoms with Crippen LogP contribution in [0.5, 0.6) is 0 Å². The number of anilines is 1. The maximum Gasteiger partial charge on any atom is 0.416 e. The van der Waals surface area contributed by atoms with Gasteiger partial charge in [0.2, 0.25) is 0 Å². The highest BCUT2D eigenvalue weighted by Crippen LogP contribution is 2.40. The van der Waals surface area contributed by atoms with Gasteiger partial charge in [-0.05, 0) is 50.3 Å². The van der Waals surface area contributed by atoms with Crippen molar-refractivity contribution in [3.8, 4) is 0 Å². The van der Waals surface area contributed by atoms with Crippen molar-refractivity contribution >= 4 is 5.69 Å². The van der Waals surface area contributed by atoms with Crippen LogP contribution in [0.15, 0.2) is 24.3 Å². The topological polar surface area (TPSA) is 3.24 Å². The Morgan fingerprint density at radius 1 is 1.00 bits per heavy atom. The minimum Gasteiger partial charge on any atom is -0.366 e. The van der Waals surface area contributed by atoms with Gasteiger partial charge in [0.05, 0.1) is 5.56 Å². The highest BCUT2D eigenvalue weighted by molar-refractivity contribution is 5.52. The van der Waals surface area contributed by atoms with E-state index in [0.717, 1.165) is 37.4 Å². The maximum absolute atomic E-state index is 12.7. The minimum absolute atomic E-state index is 0.451. The van der Waals surface area contributed by atoms with Crippen LogP contribution in [0.2, 0.25) is 0 Å². The van der Waals surface area contributed by atoms with Gasteiger partial charge in [0.1, 0.15) is 0 Å². The fraction of sp³-hybridized carbons (Fsp3) is 0.571. The fourth-order valence-electron chi connectivity index (χ4n) is 3.38. The summed E-state index contributed by atoms with van der Waals surface area (Å²) in [7, 11) is 0. The summed E-state index contributed by atoms with van der Waals surface area (Å²) in [5, 5.41) is 0. The summed E-state index contributed by atoms with van der Waals surface area (Å²) < 4.78 is 38.2. The lowest BCUT2D eigenvalue weighted by atomic mass is 10.0. The molecular formula is C14H16F3N. The van der Waals surface area contributed by atoms with Crippen molar-refractivity contribution in [1.82, 2.24) is 0 Å². The predicted octanol–water partition coefficient (Wildman–Crippen LogP) is 4.23. The van der Waals surface area contributed by atoms with Crippen molar-refractivity contribution in [2.24, 2.45) is 0 Å². The van der Waals surface area contributed by atoms with E-state index < -0.39 is 11.7 Å². The van der Waals surface area contributed by atoms with Crippen LogP contribution in [0.1, 0.15) is 37.7 Å². The first-order chi connectivity index (χ1) is 8.55. The molecule has 0 N–H and O–H groups in total. The SMILES string of the molecule is FC(F)(F)c1cccc(N2C3CCCC2CC3)c1. The van der Waals surface area contributed by atoms with Gasteiger partial charge in [-0.2, -0.15) is 13.2 Å². The van der Waals surface area contributed by atoms with E-state index >= 15 is 0 Å².